The molecule has 1 unspecified atom stereocenters. The summed E-state index contributed by atoms with van der Waals surface area (Å²) in [4.78, 5) is 13.2. The number of fused-ring (bicyclic) bond motifs is 2. The standard InChI is InChI=1S/C23H24N4O.ClH/c24-16-12-13-18-15(14-16)6-4-10-20(18)25-23(28)22-19-9-5-11-21(19)27(26-22)17-7-2-1-3-8-17;/h1-3,7-8,12-14,20H,4-6,9-11,24H2,(H,25,28);1H. The zero-order chi connectivity index (χ0) is 19.1. The first kappa shape index (κ1) is 19.5. The van der Waals surface area contributed by atoms with Gasteiger partial charge in [0.25, 0.3) is 5.91 Å². The maximum atomic E-state index is 13.2. The van der Waals surface area contributed by atoms with Gasteiger partial charge in [0, 0.05) is 16.9 Å². The number of nitrogens with zero attached hydrogens (tertiary/aromatic N) is 2. The number of aryl methyl sites for hydroxylation is 1. The van der Waals surface area contributed by atoms with Crippen molar-refractivity contribution < 1.29 is 4.79 Å². The van der Waals surface area contributed by atoms with Crippen molar-refractivity contribution in [3.05, 3.63) is 76.6 Å². The van der Waals surface area contributed by atoms with E-state index < -0.39 is 0 Å². The van der Waals surface area contributed by atoms with Crippen molar-refractivity contribution in [2.75, 3.05) is 5.73 Å². The lowest BCUT2D eigenvalue weighted by Gasteiger charge is -2.26. The van der Waals surface area contributed by atoms with Crippen LogP contribution in [0.2, 0.25) is 0 Å². The molecule has 6 heteroatoms. The molecule has 0 saturated carbocycles. The van der Waals surface area contributed by atoms with E-state index in [1.807, 2.05) is 47.1 Å². The van der Waals surface area contributed by atoms with Crippen LogP contribution in [-0.4, -0.2) is 15.7 Å². The number of carbonyl (C=O) groups excluding carboxylic acids is 1. The molecule has 3 aromatic rings. The van der Waals surface area contributed by atoms with E-state index in [1.165, 1.54) is 16.8 Å². The van der Waals surface area contributed by atoms with Crippen molar-refractivity contribution in [1.29, 1.82) is 0 Å². The fourth-order valence-corrected chi connectivity index (χ4v) is 4.61. The average Bonchev–Trinajstić information content (AvgIpc) is 3.31. The lowest BCUT2D eigenvalue weighted by molar-refractivity contribution is 0.0926. The summed E-state index contributed by atoms with van der Waals surface area (Å²) in [6.07, 6.45) is 5.98. The third kappa shape index (κ3) is 3.51. The number of halogens is 1. The molecule has 150 valence electrons. The first-order valence-electron chi connectivity index (χ1n) is 10.1. The minimum Gasteiger partial charge on any atom is -0.399 e. The van der Waals surface area contributed by atoms with Crippen LogP contribution in [0.3, 0.4) is 0 Å². The van der Waals surface area contributed by atoms with Crippen molar-refractivity contribution in [2.24, 2.45) is 0 Å². The molecule has 1 aromatic heterocycles. The Hall–Kier alpha value is -2.79. The summed E-state index contributed by atoms with van der Waals surface area (Å²) in [5.74, 6) is -0.0671. The number of anilines is 1. The minimum atomic E-state index is -0.0671. The smallest absolute Gasteiger partial charge is 0.272 e. The number of hydrogen-bond acceptors (Lipinski definition) is 3. The Balaban J connectivity index is 0.00000205. The van der Waals surface area contributed by atoms with Gasteiger partial charge in [-0.1, -0.05) is 24.3 Å². The van der Waals surface area contributed by atoms with Gasteiger partial charge in [-0.25, -0.2) is 4.68 Å². The number of aromatic nitrogens is 2. The van der Waals surface area contributed by atoms with E-state index >= 15 is 0 Å². The van der Waals surface area contributed by atoms with Gasteiger partial charge in [-0.3, -0.25) is 4.79 Å². The summed E-state index contributed by atoms with van der Waals surface area (Å²) in [6, 6.07) is 16.1. The highest BCUT2D eigenvalue weighted by Gasteiger charge is 2.29. The predicted molar refractivity (Wildman–Crippen MR) is 117 cm³/mol. The van der Waals surface area contributed by atoms with Crippen LogP contribution in [0.5, 0.6) is 0 Å². The fourth-order valence-electron chi connectivity index (χ4n) is 4.61. The quantitative estimate of drug-likeness (QED) is 0.639. The Morgan fingerprint density at radius 2 is 1.90 bits per heavy atom. The van der Waals surface area contributed by atoms with E-state index in [4.69, 9.17) is 10.8 Å². The number of carbonyl (C=O) groups is 1. The highest BCUT2D eigenvalue weighted by atomic mass is 35.5. The van der Waals surface area contributed by atoms with Gasteiger partial charge in [0.1, 0.15) is 0 Å². The molecule has 0 spiro atoms. The predicted octanol–water partition coefficient (Wildman–Crippen LogP) is 4.17. The number of nitrogen functional groups attached to an aromatic ring is 1. The molecule has 1 heterocycles. The topological polar surface area (TPSA) is 72.9 Å². The van der Waals surface area contributed by atoms with Gasteiger partial charge in [-0.15, -0.1) is 12.4 Å². The number of hydrogen-bond donors (Lipinski definition) is 2. The van der Waals surface area contributed by atoms with Gasteiger partial charge in [0.15, 0.2) is 5.69 Å². The molecule has 1 amide bonds. The largest absolute Gasteiger partial charge is 0.399 e. The molecule has 0 saturated heterocycles. The summed E-state index contributed by atoms with van der Waals surface area (Å²) in [6.45, 7) is 0. The first-order chi connectivity index (χ1) is 13.7. The molecular weight excluding hydrogens is 384 g/mol. The van der Waals surface area contributed by atoms with E-state index in [0.717, 1.165) is 55.5 Å². The van der Waals surface area contributed by atoms with Crippen LogP contribution in [0, 0.1) is 0 Å². The zero-order valence-corrected chi connectivity index (χ0v) is 17.0. The lowest BCUT2D eigenvalue weighted by atomic mass is 9.87. The van der Waals surface area contributed by atoms with E-state index in [2.05, 4.69) is 11.4 Å². The number of para-hydroxylation sites is 1. The highest BCUT2D eigenvalue weighted by molar-refractivity contribution is 5.94. The van der Waals surface area contributed by atoms with Gasteiger partial charge in [0.2, 0.25) is 0 Å². The SMILES string of the molecule is Cl.Nc1ccc2c(c1)CCCC2NC(=O)c1nn(-c2ccccc2)c2c1CCC2. The summed E-state index contributed by atoms with van der Waals surface area (Å²) in [5, 5.41) is 7.97. The minimum absolute atomic E-state index is 0. The van der Waals surface area contributed by atoms with E-state index in [1.54, 1.807) is 0 Å². The Kier molecular flexibility index (Phi) is 5.33. The maximum absolute atomic E-state index is 13.2. The lowest BCUT2D eigenvalue weighted by Crippen LogP contribution is -2.32. The first-order valence-corrected chi connectivity index (χ1v) is 10.1. The molecule has 0 aliphatic heterocycles. The van der Waals surface area contributed by atoms with Gasteiger partial charge in [-0.2, -0.15) is 5.10 Å². The monoisotopic (exact) mass is 408 g/mol. The molecule has 1 atom stereocenters. The van der Waals surface area contributed by atoms with Crippen LogP contribution in [-0.2, 0) is 19.3 Å². The number of benzene rings is 2. The second-order valence-electron chi connectivity index (χ2n) is 7.75. The molecular formula is C23H25ClN4O. The average molecular weight is 409 g/mol. The molecule has 29 heavy (non-hydrogen) atoms. The van der Waals surface area contributed by atoms with Crippen molar-refractivity contribution >= 4 is 24.0 Å². The van der Waals surface area contributed by atoms with Crippen LogP contribution in [0.4, 0.5) is 5.69 Å². The van der Waals surface area contributed by atoms with Crippen LogP contribution in [0.1, 0.15) is 58.2 Å². The molecule has 2 aromatic carbocycles. The number of nitrogens with one attached hydrogen (secondary N) is 1. The van der Waals surface area contributed by atoms with Crippen molar-refractivity contribution in [3.63, 3.8) is 0 Å². The van der Waals surface area contributed by atoms with Crippen molar-refractivity contribution in [2.45, 2.75) is 44.6 Å². The molecule has 0 bridgehead atoms. The van der Waals surface area contributed by atoms with Gasteiger partial charge < -0.3 is 11.1 Å². The molecule has 0 fully saturated rings. The molecule has 5 nitrogen and oxygen atoms in total. The Bertz CT molecular complexity index is 1040. The third-order valence-electron chi connectivity index (χ3n) is 5.93. The van der Waals surface area contributed by atoms with Crippen LogP contribution in [0.15, 0.2) is 48.5 Å². The van der Waals surface area contributed by atoms with Crippen LogP contribution in [0.25, 0.3) is 5.69 Å². The summed E-state index contributed by atoms with van der Waals surface area (Å²) < 4.78 is 1.95. The molecule has 0 radical (unpaired) electrons. The highest BCUT2D eigenvalue weighted by Crippen LogP contribution is 2.32. The van der Waals surface area contributed by atoms with Crippen LogP contribution < -0.4 is 11.1 Å². The molecule has 3 N–H and O–H groups in total. The maximum Gasteiger partial charge on any atom is 0.272 e. The summed E-state index contributed by atoms with van der Waals surface area (Å²) >= 11 is 0. The van der Waals surface area contributed by atoms with E-state index in [-0.39, 0.29) is 24.4 Å². The second-order valence-corrected chi connectivity index (χ2v) is 7.75. The van der Waals surface area contributed by atoms with E-state index in [9.17, 15) is 4.79 Å². The third-order valence-corrected chi connectivity index (χ3v) is 5.93. The Morgan fingerprint density at radius 3 is 2.72 bits per heavy atom. The van der Waals surface area contributed by atoms with Crippen LogP contribution >= 0.6 is 12.4 Å². The zero-order valence-electron chi connectivity index (χ0n) is 16.2. The normalized spacial score (nSPS) is 17.2. The summed E-state index contributed by atoms with van der Waals surface area (Å²) in [5.41, 5.74) is 13.0. The fraction of sp³-hybridized carbons (Fsp3) is 0.304. The Labute approximate surface area is 176 Å². The van der Waals surface area contributed by atoms with Crippen molar-refractivity contribution in [3.8, 4) is 5.69 Å². The molecule has 2 aliphatic carbocycles. The number of rotatable bonds is 3. The van der Waals surface area contributed by atoms with Gasteiger partial charge in [-0.05, 0) is 73.9 Å². The second kappa shape index (κ2) is 7.91. The van der Waals surface area contributed by atoms with Gasteiger partial charge in [0.05, 0.1) is 11.7 Å². The number of nitrogens with two attached hydrogens (primary N) is 1. The molecule has 5 rings (SSSR count). The molecule has 2 aliphatic rings. The van der Waals surface area contributed by atoms with Crippen molar-refractivity contribution in [1.82, 2.24) is 15.1 Å². The van der Waals surface area contributed by atoms with E-state index in [0.29, 0.717) is 5.69 Å². The Morgan fingerprint density at radius 1 is 1.07 bits per heavy atom. The summed E-state index contributed by atoms with van der Waals surface area (Å²) in [7, 11) is 0. The number of amides is 1. The van der Waals surface area contributed by atoms with Gasteiger partial charge >= 0.3 is 0 Å².